The van der Waals surface area contributed by atoms with Crippen molar-refractivity contribution in [3.63, 3.8) is 0 Å². The van der Waals surface area contributed by atoms with Crippen molar-refractivity contribution in [2.75, 3.05) is 6.54 Å². The van der Waals surface area contributed by atoms with Gasteiger partial charge in [-0.2, -0.15) is 0 Å². The molecule has 1 amide bonds. The van der Waals surface area contributed by atoms with Gasteiger partial charge in [0.1, 0.15) is 0 Å². The van der Waals surface area contributed by atoms with E-state index in [9.17, 15) is 9.90 Å². The monoisotopic (exact) mass is 309 g/mol. The quantitative estimate of drug-likeness (QED) is 0.889. The van der Waals surface area contributed by atoms with E-state index in [-0.39, 0.29) is 5.91 Å². The summed E-state index contributed by atoms with van der Waals surface area (Å²) in [7, 11) is 0. The standard InChI is InChI=1S/C15H16ClNO2S/c1-10(18)14-7-6-13(20-14)8-9-17-15(19)11-2-4-12(16)5-3-11/h2-7,10,18H,8-9H2,1H3,(H,17,19)/t10-/m0/s1. The lowest BCUT2D eigenvalue weighted by Gasteiger charge is -2.04. The van der Waals surface area contributed by atoms with Crippen LogP contribution in [0.25, 0.3) is 0 Å². The molecule has 20 heavy (non-hydrogen) atoms. The SMILES string of the molecule is C[C@H](O)c1ccc(CCNC(=O)c2ccc(Cl)cc2)s1. The van der Waals surface area contributed by atoms with Gasteiger partial charge in [-0.1, -0.05) is 11.6 Å². The molecule has 1 aromatic carbocycles. The largest absolute Gasteiger partial charge is 0.388 e. The fourth-order valence-electron chi connectivity index (χ4n) is 1.76. The van der Waals surface area contributed by atoms with E-state index in [1.807, 2.05) is 12.1 Å². The predicted molar refractivity (Wildman–Crippen MR) is 82.4 cm³/mol. The molecule has 0 saturated heterocycles. The summed E-state index contributed by atoms with van der Waals surface area (Å²) in [5.74, 6) is -0.103. The predicted octanol–water partition coefficient (Wildman–Crippen LogP) is 3.43. The summed E-state index contributed by atoms with van der Waals surface area (Å²) in [4.78, 5) is 14.0. The summed E-state index contributed by atoms with van der Waals surface area (Å²) < 4.78 is 0. The van der Waals surface area contributed by atoms with Crippen LogP contribution in [0, 0.1) is 0 Å². The second-order valence-corrected chi connectivity index (χ2v) is 6.13. The van der Waals surface area contributed by atoms with E-state index in [0.29, 0.717) is 17.1 Å². The zero-order valence-electron chi connectivity index (χ0n) is 11.1. The lowest BCUT2D eigenvalue weighted by molar-refractivity contribution is 0.0954. The number of aliphatic hydroxyl groups is 1. The number of aliphatic hydroxyl groups excluding tert-OH is 1. The minimum atomic E-state index is -0.433. The first-order valence-electron chi connectivity index (χ1n) is 6.36. The summed E-state index contributed by atoms with van der Waals surface area (Å²) in [5, 5.41) is 12.9. The van der Waals surface area contributed by atoms with Crippen molar-refractivity contribution in [3.8, 4) is 0 Å². The number of carbonyl (C=O) groups excluding carboxylic acids is 1. The van der Waals surface area contributed by atoms with E-state index in [0.717, 1.165) is 16.2 Å². The molecule has 0 spiro atoms. The van der Waals surface area contributed by atoms with E-state index in [1.54, 1.807) is 42.5 Å². The number of thiophene rings is 1. The molecule has 1 heterocycles. The Morgan fingerprint density at radius 2 is 2.00 bits per heavy atom. The molecule has 0 radical (unpaired) electrons. The Morgan fingerprint density at radius 3 is 2.60 bits per heavy atom. The molecule has 0 bridgehead atoms. The fourth-order valence-corrected chi connectivity index (χ4v) is 2.83. The van der Waals surface area contributed by atoms with Crippen molar-refractivity contribution in [3.05, 3.63) is 56.7 Å². The number of rotatable bonds is 5. The maximum Gasteiger partial charge on any atom is 0.251 e. The topological polar surface area (TPSA) is 49.3 Å². The van der Waals surface area contributed by atoms with Crippen LogP contribution in [0.3, 0.4) is 0 Å². The first-order chi connectivity index (χ1) is 9.56. The molecular weight excluding hydrogens is 294 g/mol. The third kappa shape index (κ3) is 4.07. The minimum Gasteiger partial charge on any atom is -0.388 e. The maximum atomic E-state index is 11.9. The lowest BCUT2D eigenvalue weighted by atomic mass is 10.2. The zero-order chi connectivity index (χ0) is 14.5. The van der Waals surface area contributed by atoms with Crippen LogP contribution in [0.15, 0.2) is 36.4 Å². The van der Waals surface area contributed by atoms with Gasteiger partial charge in [-0.15, -0.1) is 11.3 Å². The number of carbonyl (C=O) groups is 1. The summed E-state index contributed by atoms with van der Waals surface area (Å²) in [5.41, 5.74) is 0.602. The molecule has 2 aromatic rings. The Kier molecular flexibility index (Phi) is 5.17. The summed E-state index contributed by atoms with van der Waals surface area (Å²) >= 11 is 7.35. The van der Waals surface area contributed by atoms with Gasteiger partial charge in [0, 0.05) is 26.9 Å². The second kappa shape index (κ2) is 6.88. The summed E-state index contributed by atoms with van der Waals surface area (Å²) in [6.07, 6.45) is 0.328. The number of nitrogens with one attached hydrogen (secondary N) is 1. The van der Waals surface area contributed by atoms with Gasteiger partial charge in [0.25, 0.3) is 5.91 Å². The number of benzene rings is 1. The molecule has 0 fully saturated rings. The van der Waals surface area contributed by atoms with Crippen molar-refractivity contribution in [2.45, 2.75) is 19.4 Å². The second-order valence-electron chi connectivity index (χ2n) is 4.49. The van der Waals surface area contributed by atoms with Gasteiger partial charge in [0.15, 0.2) is 0 Å². The highest BCUT2D eigenvalue weighted by Gasteiger charge is 2.07. The minimum absolute atomic E-state index is 0.103. The normalized spacial score (nSPS) is 12.2. The smallest absolute Gasteiger partial charge is 0.251 e. The zero-order valence-corrected chi connectivity index (χ0v) is 12.7. The highest BCUT2D eigenvalue weighted by Crippen LogP contribution is 2.22. The number of halogens is 1. The van der Waals surface area contributed by atoms with Crippen molar-refractivity contribution >= 4 is 28.8 Å². The van der Waals surface area contributed by atoms with Gasteiger partial charge in [-0.25, -0.2) is 0 Å². The van der Waals surface area contributed by atoms with Crippen LogP contribution in [-0.4, -0.2) is 17.6 Å². The third-order valence-corrected chi connectivity index (χ3v) is 4.42. The number of amides is 1. The molecule has 2 N–H and O–H groups in total. The van der Waals surface area contributed by atoms with E-state index >= 15 is 0 Å². The average Bonchev–Trinajstić information content (AvgIpc) is 2.88. The van der Waals surface area contributed by atoms with Gasteiger partial charge in [-0.05, 0) is 49.7 Å². The van der Waals surface area contributed by atoms with Crippen LogP contribution in [0.5, 0.6) is 0 Å². The van der Waals surface area contributed by atoms with Crippen LogP contribution in [-0.2, 0) is 6.42 Å². The van der Waals surface area contributed by atoms with Gasteiger partial charge >= 0.3 is 0 Å². The highest BCUT2D eigenvalue weighted by molar-refractivity contribution is 7.12. The summed E-state index contributed by atoms with van der Waals surface area (Å²) in [6, 6.07) is 10.7. The van der Waals surface area contributed by atoms with Gasteiger partial charge in [-0.3, -0.25) is 4.79 Å². The van der Waals surface area contributed by atoms with E-state index in [4.69, 9.17) is 11.6 Å². The van der Waals surface area contributed by atoms with Crippen molar-refractivity contribution < 1.29 is 9.90 Å². The number of hydrogen-bond acceptors (Lipinski definition) is 3. The molecule has 0 unspecified atom stereocenters. The molecular formula is C15H16ClNO2S. The summed E-state index contributed by atoms with van der Waals surface area (Å²) in [6.45, 7) is 2.32. The molecule has 1 atom stereocenters. The fraction of sp³-hybridized carbons (Fsp3) is 0.267. The molecule has 0 aliphatic carbocycles. The first-order valence-corrected chi connectivity index (χ1v) is 7.56. The van der Waals surface area contributed by atoms with E-state index in [1.165, 1.54) is 0 Å². The van der Waals surface area contributed by atoms with Crippen LogP contribution in [0.4, 0.5) is 0 Å². The van der Waals surface area contributed by atoms with Gasteiger partial charge in [0.2, 0.25) is 0 Å². The molecule has 2 rings (SSSR count). The van der Waals surface area contributed by atoms with Crippen LogP contribution >= 0.6 is 22.9 Å². The Hall–Kier alpha value is -1.36. The maximum absolute atomic E-state index is 11.9. The Morgan fingerprint density at radius 1 is 1.30 bits per heavy atom. The molecule has 0 aliphatic heterocycles. The van der Waals surface area contributed by atoms with Crippen molar-refractivity contribution in [1.29, 1.82) is 0 Å². The lowest BCUT2D eigenvalue weighted by Crippen LogP contribution is -2.25. The Balaban J connectivity index is 1.83. The molecule has 0 aliphatic rings. The van der Waals surface area contributed by atoms with Gasteiger partial charge < -0.3 is 10.4 Å². The van der Waals surface area contributed by atoms with Crippen LogP contribution in [0.2, 0.25) is 5.02 Å². The first kappa shape index (κ1) is 15.0. The average molecular weight is 310 g/mol. The van der Waals surface area contributed by atoms with E-state index < -0.39 is 6.10 Å². The van der Waals surface area contributed by atoms with Crippen LogP contribution < -0.4 is 5.32 Å². The molecule has 106 valence electrons. The Bertz CT molecular complexity index is 578. The van der Waals surface area contributed by atoms with Crippen molar-refractivity contribution in [2.24, 2.45) is 0 Å². The highest BCUT2D eigenvalue weighted by atomic mass is 35.5. The van der Waals surface area contributed by atoms with Crippen molar-refractivity contribution in [1.82, 2.24) is 5.32 Å². The Labute approximate surface area is 127 Å². The molecule has 3 nitrogen and oxygen atoms in total. The van der Waals surface area contributed by atoms with E-state index in [2.05, 4.69) is 5.32 Å². The molecule has 5 heteroatoms. The third-order valence-electron chi connectivity index (χ3n) is 2.86. The number of hydrogen-bond donors (Lipinski definition) is 2. The molecule has 1 aromatic heterocycles. The molecule has 0 saturated carbocycles. The van der Waals surface area contributed by atoms with Crippen LogP contribution in [0.1, 0.15) is 33.1 Å². The van der Waals surface area contributed by atoms with Gasteiger partial charge in [0.05, 0.1) is 6.10 Å².